The summed E-state index contributed by atoms with van der Waals surface area (Å²) in [6.45, 7) is 4.51. The summed E-state index contributed by atoms with van der Waals surface area (Å²) in [5, 5.41) is 2.62. The Kier molecular flexibility index (Phi) is 6.19. The van der Waals surface area contributed by atoms with Gasteiger partial charge in [-0.25, -0.2) is 4.39 Å². The van der Waals surface area contributed by atoms with Gasteiger partial charge < -0.3 is 10.1 Å². The molecule has 0 bridgehead atoms. The molecular weight excluding hydrogens is 233 g/mol. The van der Waals surface area contributed by atoms with Crippen LogP contribution in [0.25, 0.3) is 0 Å². The van der Waals surface area contributed by atoms with Crippen molar-refractivity contribution in [2.45, 2.75) is 39.2 Å². The highest BCUT2D eigenvalue weighted by Crippen LogP contribution is 2.23. The lowest BCUT2D eigenvalue weighted by molar-refractivity contribution is -0.109. The summed E-state index contributed by atoms with van der Waals surface area (Å²) in [6.07, 6.45) is 3.38. The van der Waals surface area contributed by atoms with E-state index in [0.29, 0.717) is 18.7 Å². The fraction of sp³-hybridized carbons (Fsp3) is 0.500. The molecule has 1 amide bonds. The number of amides is 1. The van der Waals surface area contributed by atoms with Gasteiger partial charge in [0.25, 0.3) is 0 Å². The highest BCUT2D eigenvalue weighted by atomic mass is 19.1. The average molecular weight is 253 g/mol. The highest BCUT2D eigenvalue weighted by molar-refractivity contribution is 5.45. The van der Waals surface area contributed by atoms with Gasteiger partial charge in [0.1, 0.15) is 11.6 Å². The third-order valence-corrected chi connectivity index (χ3v) is 2.49. The maximum Gasteiger partial charge on any atom is 0.207 e. The van der Waals surface area contributed by atoms with Crippen LogP contribution in [0.5, 0.6) is 5.75 Å². The largest absolute Gasteiger partial charge is 0.491 e. The van der Waals surface area contributed by atoms with Crippen molar-refractivity contribution >= 4 is 6.41 Å². The third kappa shape index (κ3) is 5.17. The van der Waals surface area contributed by atoms with Crippen LogP contribution >= 0.6 is 0 Å². The molecule has 1 aromatic rings. The Morgan fingerprint density at radius 3 is 2.83 bits per heavy atom. The normalized spacial score (nSPS) is 10.4. The third-order valence-electron chi connectivity index (χ3n) is 2.49. The fourth-order valence-electron chi connectivity index (χ4n) is 1.70. The second-order valence-electron chi connectivity index (χ2n) is 4.45. The lowest BCUT2D eigenvalue weighted by Crippen LogP contribution is -2.12. The van der Waals surface area contributed by atoms with Gasteiger partial charge in [0, 0.05) is 12.6 Å². The van der Waals surface area contributed by atoms with Gasteiger partial charge >= 0.3 is 0 Å². The van der Waals surface area contributed by atoms with Gasteiger partial charge in [0.15, 0.2) is 0 Å². The molecule has 0 unspecified atom stereocenters. The first-order valence-electron chi connectivity index (χ1n) is 6.25. The molecule has 1 rings (SSSR count). The molecule has 1 N–H and O–H groups in total. The summed E-state index contributed by atoms with van der Waals surface area (Å²) in [6, 6.07) is 4.64. The van der Waals surface area contributed by atoms with E-state index in [2.05, 4.69) is 5.32 Å². The molecule has 4 heteroatoms. The number of ether oxygens (including phenoxy) is 1. The molecule has 3 nitrogen and oxygen atoms in total. The Bertz CT molecular complexity index is 380. The standard InChI is InChI=1S/C14H20FNO2/c1-11(2)18-14-9-13(15)7-6-12(14)5-3-4-8-16-10-17/h6-7,9-11H,3-5,8H2,1-2H3,(H,16,17). The Balaban J connectivity index is 2.54. The van der Waals surface area contributed by atoms with Gasteiger partial charge in [-0.2, -0.15) is 0 Å². The zero-order valence-corrected chi connectivity index (χ0v) is 10.9. The minimum atomic E-state index is -0.281. The lowest BCUT2D eigenvalue weighted by atomic mass is 10.1. The van der Waals surface area contributed by atoms with Crippen LogP contribution < -0.4 is 10.1 Å². The van der Waals surface area contributed by atoms with Crippen molar-refractivity contribution in [1.29, 1.82) is 0 Å². The molecule has 0 spiro atoms. The molecule has 0 saturated carbocycles. The average Bonchev–Trinajstić information content (AvgIpc) is 2.30. The van der Waals surface area contributed by atoms with E-state index in [1.165, 1.54) is 12.1 Å². The Morgan fingerprint density at radius 1 is 1.39 bits per heavy atom. The number of carbonyl (C=O) groups excluding carboxylic acids is 1. The minimum Gasteiger partial charge on any atom is -0.491 e. The molecule has 100 valence electrons. The molecule has 0 radical (unpaired) electrons. The first kappa shape index (κ1) is 14.5. The second kappa shape index (κ2) is 7.69. The van der Waals surface area contributed by atoms with E-state index in [0.717, 1.165) is 24.8 Å². The van der Waals surface area contributed by atoms with Gasteiger partial charge in [-0.15, -0.1) is 0 Å². The van der Waals surface area contributed by atoms with E-state index in [4.69, 9.17) is 4.74 Å². The SMILES string of the molecule is CC(C)Oc1cc(F)ccc1CCCCNC=O. The summed E-state index contributed by atoms with van der Waals surface area (Å²) >= 11 is 0. The fourth-order valence-corrected chi connectivity index (χ4v) is 1.70. The Labute approximate surface area is 107 Å². The molecule has 0 atom stereocenters. The molecule has 0 fully saturated rings. The molecule has 0 aliphatic carbocycles. The van der Waals surface area contributed by atoms with Crippen molar-refractivity contribution in [3.63, 3.8) is 0 Å². The second-order valence-corrected chi connectivity index (χ2v) is 4.45. The van der Waals surface area contributed by atoms with Crippen LogP contribution in [0, 0.1) is 5.82 Å². The number of halogens is 1. The monoisotopic (exact) mass is 253 g/mol. The molecule has 0 aliphatic rings. The van der Waals surface area contributed by atoms with Gasteiger partial charge in [-0.1, -0.05) is 6.07 Å². The van der Waals surface area contributed by atoms with Crippen molar-refractivity contribution < 1.29 is 13.9 Å². The van der Waals surface area contributed by atoms with Crippen molar-refractivity contribution in [3.8, 4) is 5.75 Å². The number of carbonyl (C=O) groups is 1. The van der Waals surface area contributed by atoms with Crippen LogP contribution in [-0.4, -0.2) is 19.1 Å². The Hall–Kier alpha value is -1.58. The maximum absolute atomic E-state index is 13.2. The predicted molar refractivity (Wildman–Crippen MR) is 69.2 cm³/mol. The lowest BCUT2D eigenvalue weighted by Gasteiger charge is -2.14. The summed E-state index contributed by atoms with van der Waals surface area (Å²) < 4.78 is 18.8. The van der Waals surface area contributed by atoms with E-state index in [1.807, 2.05) is 13.8 Å². The van der Waals surface area contributed by atoms with Crippen LogP contribution in [0.1, 0.15) is 32.3 Å². The first-order chi connectivity index (χ1) is 8.63. The summed E-state index contributed by atoms with van der Waals surface area (Å²) in [4.78, 5) is 10.1. The molecular formula is C14H20FNO2. The van der Waals surface area contributed by atoms with Crippen LogP contribution in [0.4, 0.5) is 4.39 Å². The minimum absolute atomic E-state index is 0.0299. The van der Waals surface area contributed by atoms with Gasteiger partial charge in [-0.05, 0) is 44.7 Å². The maximum atomic E-state index is 13.2. The number of nitrogens with one attached hydrogen (secondary N) is 1. The molecule has 0 saturated heterocycles. The molecule has 0 aromatic heterocycles. The zero-order valence-electron chi connectivity index (χ0n) is 10.9. The van der Waals surface area contributed by atoms with Crippen LogP contribution in [-0.2, 0) is 11.2 Å². The van der Waals surface area contributed by atoms with Gasteiger partial charge in [-0.3, -0.25) is 4.79 Å². The van der Waals surface area contributed by atoms with E-state index in [1.54, 1.807) is 6.07 Å². The number of unbranched alkanes of at least 4 members (excludes halogenated alkanes) is 1. The number of aryl methyl sites for hydroxylation is 1. The molecule has 18 heavy (non-hydrogen) atoms. The molecule has 0 aliphatic heterocycles. The van der Waals surface area contributed by atoms with Crippen LogP contribution in [0.2, 0.25) is 0 Å². The molecule has 0 heterocycles. The summed E-state index contributed by atoms with van der Waals surface area (Å²) in [5.74, 6) is 0.338. The highest BCUT2D eigenvalue weighted by Gasteiger charge is 2.07. The smallest absolute Gasteiger partial charge is 0.207 e. The Morgan fingerprint density at radius 2 is 2.17 bits per heavy atom. The number of hydrogen-bond acceptors (Lipinski definition) is 2. The van der Waals surface area contributed by atoms with Crippen molar-refractivity contribution in [2.75, 3.05) is 6.54 Å². The van der Waals surface area contributed by atoms with Gasteiger partial charge in [0.05, 0.1) is 6.10 Å². The number of hydrogen-bond donors (Lipinski definition) is 1. The van der Waals surface area contributed by atoms with Crippen molar-refractivity contribution in [3.05, 3.63) is 29.6 Å². The molecule has 1 aromatic carbocycles. The van der Waals surface area contributed by atoms with Gasteiger partial charge in [0.2, 0.25) is 6.41 Å². The van der Waals surface area contributed by atoms with E-state index < -0.39 is 0 Å². The van der Waals surface area contributed by atoms with Crippen LogP contribution in [0.15, 0.2) is 18.2 Å². The predicted octanol–water partition coefficient (Wildman–Crippen LogP) is 2.68. The number of benzene rings is 1. The van der Waals surface area contributed by atoms with Crippen molar-refractivity contribution in [1.82, 2.24) is 5.32 Å². The zero-order chi connectivity index (χ0) is 13.4. The summed E-state index contributed by atoms with van der Waals surface area (Å²) in [5.41, 5.74) is 1.01. The first-order valence-corrected chi connectivity index (χ1v) is 6.25. The topological polar surface area (TPSA) is 38.3 Å². The van der Waals surface area contributed by atoms with E-state index >= 15 is 0 Å². The number of rotatable bonds is 8. The van der Waals surface area contributed by atoms with E-state index in [-0.39, 0.29) is 11.9 Å². The van der Waals surface area contributed by atoms with Crippen LogP contribution in [0.3, 0.4) is 0 Å². The summed E-state index contributed by atoms with van der Waals surface area (Å²) in [7, 11) is 0. The quantitative estimate of drug-likeness (QED) is 0.571. The van der Waals surface area contributed by atoms with E-state index in [9.17, 15) is 9.18 Å². The van der Waals surface area contributed by atoms with Crippen molar-refractivity contribution in [2.24, 2.45) is 0 Å².